The van der Waals surface area contributed by atoms with Crippen molar-refractivity contribution in [1.82, 2.24) is 24.8 Å². The third kappa shape index (κ3) is 6.95. The molecule has 0 aliphatic carbocycles. The molecule has 0 spiro atoms. The van der Waals surface area contributed by atoms with E-state index in [0.717, 1.165) is 0 Å². The Labute approximate surface area is 179 Å². The summed E-state index contributed by atoms with van der Waals surface area (Å²) in [4.78, 5) is 46.6. The number of aromatic nitrogens is 4. The minimum absolute atomic E-state index is 0.0233. The predicted molar refractivity (Wildman–Crippen MR) is 112 cm³/mol. The molecule has 2 rings (SSSR count). The number of anilines is 1. The molecule has 0 unspecified atom stereocenters. The Morgan fingerprint density at radius 1 is 1.32 bits per heavy atom. The van der Waals surface area contributed by atoms with Crippen LogP contribution in [0.2, 0.25) is 0 Å². The van der Waals surface area contributed by atoms with E-state index in [9.17, 15) is 14.4 Å². The zero-order valence-electron chi connectivity index (χ0n) is 18.4. The van der Waals surface area contributed by atoms with Gasteiger partial charge in [0, 0.05) is 0 Å². The average molecular weight is 438 g/mol. The number of nitrogen functional groups attached to an aromatic ring is 1. The molecule has 0 radical (unpaired) electrons. The quantitative estimate of drug-likeness (QED) is 0.385. The van der Waals surface area contributed by atoms with Gasteiger partial charge in [0.15, 0.2) is 11.2 Å². The number of ether oxygens (including phenoxy) is 3. The lowest BCUT2D eigenvalue weighted by atomic mass is 9.99. The van der Waals surface area contributed by atoms with Gasteiger partial charge in [0.25, 0.3) is 5.56 Å². The van der Waals surface area contributed by atoms with Gasteiger partial charge in [-0.3, -0.25) is 14.3 Å². The summed E-state index contributed by atoms with van der Waals surface area (Å²) in [5.41, 5.74) is 4.87. The summed E-state index contributed by atoms with van der Waals surface area (Å²) in [6, 6.07) is -0.837. The Hall–Kier alpha value is -3.15. The zero-order valence-corrected chi connectivity index (χ0v) is 18.4. The van der Waals surface area contributed by atoms with E-state index in [0.29, 0.717) is 6.42 Å². The van der Waals surface area contributed by atoms with Crippen molar-refractivity contribution in [2.24, 2.45) is 5.92 Å². The molecule has 2 atom stereocenters. The molecule has 0 aliphatic heterocycles. The summed E-state index contributed by atoms with van der Waals surface area (Å²) in [5, 5.41) is 2.58. The van der Waals surface area contributed by atoms with Crippen LogP contribution in [0.15, 0.2) is 11.1 Å². The summed E-state index contributed by atoms with van der Waals surface area (Å²) in [7, 11) is 0. The molecule has 12 nitrogen and oxygen atoms in total. The van der Waals surface area contributed by atoms with Crippen molar-refractivity contribution >= 4 is 29.2 Å². The Balaban J connectivity index is 1.85. The van der Waals surface area contributed by atoms with Gasteiger partial charge >= 0.3 is 12.1 Å². The number of aromatic amines is 1. The third-order valence-corrected chi connectivity index (χ3v) is 4.33. The summed E-state index contributed by atoms with van der Waals surface area (Å²) in [5.74, 6) is -0.743. The summed E-state index contributed by atoms with van der Waals surface area (Å²) in [6.45, 7) is 9.07. The third-order valence-electron chi connectivity index (χ3n) is 4.33. The number of hydrogen-bond donors (Lipinski definition) is 3. The van der Waals surface area contributed by atoms with Gasteiger partial charge in [0.2, 0.25) is 5.95 Å². The van der Waals surface area contributed by atoms with Crippen LogP contribution in [0.5, 0.6) is 0 Å². The largest absolute Gasteiger partial charge is 0.462 e. The second-order valence-corrected chi connectivity index (χ2v) is 8.05. The molecule has 12 heteroatoms. The number of hydrogen-bond acceptors (Lipinski definition) is 9. The first kappa shape index (κ1) is 24.1. The normalized spacial score (nSPS) is 13.6. The molecular weight excluding hydrogens is 408 g/mol. The van der Waals surface area contributed by atoms with E-state index in [-0.39, 0.29) is 43.0 Å². The monoisotopic (exact) mass is 438 g/mol. The average Bonchev–Trinajstić information content (AvgIpc) is 3.06. The van der Waals surface area contributed by atoms with Crippen LogP contribution in [0.3, 0.4) is 0 Å². The van der Waals surface area contributed by atoms with Crippen LogP contribution in [0.25, 0.3) is 11.2 Å². The van der Waals surface area contributed by atoms with Crippen LogP contribution >= 0.6 is 0 Å². The van der Waals surface area contributed by atoms with Crippen LogP contribution < -0.4 is 16.6 Å². The van der Waals surface area contributed by atoms with Crippen molar-refractivity contribution in [2.45, 2.75) is 59.4 Å². The highest BCUT2D eigenvalue weighted by Crippen LogP contribution is 2.12. The minimum Gasteiger partial charge on any atom is -0.462 e. The first-order chi connectivity index (χ1) is 14.5. The van der Waals surface area contributed by atoms with Crippen LogP contribution in [0.1, 0.15) is 41.0 Å². The lowest BCUT2D eigenvalue weighted by molar-refractivity contribution is -0.149. The lowest BCUT2D eigenvalue weighted by Gasteiger charge is -2.25. The van der Waals surface area contributed by atoms with Gasteiger partial charge in [-0.05, 0) is 26.7 Å². The van der Waals surface area contributed by atoms with E-state index in [1.807, 2.05) is 13.8 Å². The van der Waals surface area contributed by atoms with E-state index in [2.05, 4.69) is 20.3 Å². The smallest absolute Gasteiger partial charge is 0.408 e. The number of H-pyrrole nitrogens is 1. The lowest BCUT2D eigenvalue weighted by Crippen LogP contribution is -2.47. The second kappa shape index (κ2) is 10.2. The molecule has 31 heavy (non-hydrogen) atoms. The summed E-state index contributed by atoms with van der Waals surface area (Å²) in [6.07, 6.45) is 1.39. The van der Waals surface area contributed by atoms with Gasteiger partial charge in [-0.1, -0.05) is 20.3 Å². The van der Waals surface area contributed by atoms with Gasteiger partial charge in [-0.15, -0.1) is 0 Å². The number of rotatable bonds is 9. The summed E-state index contributed by atoms with van der Waals surface area (Å²) >= 11 is 0. The standard InChI is InChI=1S/C19H30N6O6/c1-6-11(2)12(22-18(28)31-19(3,4)5)16(27)30-8-7-29-10-25-9-21-13-14(25)23-17(20)24-15(13)26/h9,11-12H,6-8,10H2,1-5H3,(H,22,28)(H3,20,23,24,26)/t11-,12-/m0/s1. The molecule has 172 valence electrons. The maximum Gasteiger partial charge on any atom is 0.408 e. The van der Waals surface area contributed by atoms with Crippen LogP contribution in [0, 0.1) is 5.92 Å². The van der Waals surface area contributed by atoms with Crippen molar-refractivity contribution in [1.29, 1.82) is 0 Å². The van der Waals surface area contributed by atoms with Crippen molar-refractivity contribution in [2.75, 3.05) is 18.9 Å². The number of esters is 1. The zero-order chi connectivity index (χ0) is 23.2. The number of amides is 1. The van der Waals surface area contributed by atoms with Gasteiger partial charge in [0.1, 0.15) is 25.0 Å². The Morgan fingerprint density at radius 3 is 2.68 bits per heavy atom. The molecule has 0 aromatic carbocycles. The fraction of sp³-hybridized carbons (Fsp3) is 0.632. The first-order valence-electron chi connectivity index (χ1n) is 9.96. The Kier molecular flexibility index (Phi) is 7.97. The predicted octanol–water partition coefficient (Wildman–Crippen LogP) is 1.16. The van der Waals surface area contributed by atoms with Gasteiger partial charge in [-0.2, -0.15) is 4.98 Å². The minimum atomic E-state index is -0.837. The first-order valence-corrected chi connectivity index (χ1v) is 9.96. The van der Waals surface area contributed by atoms with Crippen LogP contribution in [-0.2, 0) is 25.7 Å². The molecule has 0 saturated heterocycles. The molecular formula is C19H30N6O6. The number of alkyl carbamates (subject to hydrolysis) is 1. The number of nitrogens with two attached hydrogens (primary N) is 1. The van der Waals surface area contributed by atoms with Gasteiger partial charge in [0.05, 0.1) is 12.9 Å². The molecule has 0 bridgehead atoms. The van der Waals surface area contributed by atoms with Crippen molar-refractivity contribution < 1.29 is 23.8 Å². The molecule has 2 heterocycles. The second-order valence-electron chi connectivity index (χ2n) is 8.05. The van der Waals surface area contributed by atoms with E-state index < -0.39 is 29.3 Å². The van der Waals surface area contributed by atoms with Crippen LogP contribution in [0.4, 0.5) is 10.7 Å². The molecule has 2 aromatic rings. The number of fused-ring (bicyclic) bond motifs is 1. The van der Waals surface area contributed by atoms with E-state index in [1.165, 1.54) is 10.9 Å². The highest BCUT2D eigenvalue weighted by Gasteiger charge is 2.29. The topological polar surface area (TPSA) is 163 Å². The summed E-state index contributed by atoms with van der Waals surface area (Å²) < 4.78 is 17.5. The maximum atomic E-state index is 12.5. The van der Waals surface area contributed by atoms with Crippen molar-refractivity contribution in [3.05, 3.63) is 16.7 Å². The van der Waals surface area contributed by atoms with E-state index in [1.54, 1.807) is 20.8 Å². The van der Waals surface area contributed by atoms with Crippen molar-refractivity contribution in [3.63, 3.8) is 0 Å². The maximum absolute atomic E-state index is 12.5. The van der Waals surface area contributed by atoms with Crippen molar-refractivity contribution in [3.8, 4) is 0 Å². The molecule has 0 aliphatic rings. The highest BCUT2D eigenvalue weighted by molar-refractivity contribution is 5.81. The molecule has 0 saturated carbocycles. The fourth-order valence-electron chi connectivity index (χ4n) is 2.62. The molecule has 4 N–H and O–H groups in total. The number of carbonyl (C=O) groups excluding carboxylic acids is 2. The number of nitrogens with one attached hydrogen (secondary N) is 2. The Morgan fingerprint density at radius 2 is 2.03 bits per heavy atom. The molecule has 0 fully saturated rings. The van der Waals surface area contributed by atoms with E-state index in [4.69, 9.17) is 19.9 Å². The number of nitrogens with zero attached hydrogens (tertiary/aromatic N) is 3. The van der Waals surface area contributed by atoms with E-state index >= 15 is 0 Å². The molecule has 2 aromatic heterocycles. The highest BCUT2D eigenvalue weighted by atomic mass is 16.6. The van der Waals surface area contributed by atoms with Crippen LogP contribution in [-0.4, -0.2) is 56.4 Å². The number of carbonyl (C=O) groups is 2. The van der Waals surface area contributed by atoms with Gasteiger partial charge < -0.3 is 25.3 Å². The Bertz CT molecular complexity index is 963. The number of imidazole rings is 1. The van der Waals surface area contributed by atoms with Gasteiger partial charge in [-0.25, -0.2) is 14.6 Å². The SMILES string of the molecule is CC[C@H](C)[C@H](NC(=O)OC(C)(C)C)C(=O)OCCOCn1cnc2c(=O)[nH]c(N)nc21. The fourth-order valence-corrected chi connectivity index (χ4v) is 2.62. The molecule has 1 amide bonds.